The molecule has 0 unspecified atom stereocenters. The highest BCUT2D eigenvalue weighted by Crippen LogP contribution is 2.33. The molecule has 0 bridgehead atoms. The second-order valence-corrected chi connectivity index (χ2v) is 6.28. The third-order valence-electron chi connectivity index (χ3n) is 3.87. The lowest BCUT2D eigenvalue weighted by atomic mass is 10.0. The van der Waals surface area contributed by atoms with Crippen molar-refractivity contribution in [3.8, 4) is 23.6 Å². The molecule has 3 rings (SSSR count). The van der Waals surface area contributed by atoms with E-state index in [1.54, 1.807) is 18.2 Å². The second-order valence-electron chi connectivity index (χ2n) is 6.28. The number of aromatic nitrogens is 2. The van der Waals surface area contributed by atoms with E-state index < -0.39 is 5.60 Å². The van der Waals surface area contributed by atoms with Crippen molar-refractivity contribution < 1.29 is 9.47 Å². The molecule has 6 nitrogen and oxygen atoms in total. The summed E-state index contributed by atoms with van der Waals surface area (Å²) in [7, 11) is 0. The van der Waals surface area contributed by atoms with Gasteiger partial charge in [-0.15, -0.1) is 0 Å². The first-order chi connectivity index (χ1) is 12.0. The molecule has 2 heterocycles. The van der Waals surface area contributed by atoms with Gasteiger partial charge in [0.1, 0.15) is 11.2 Å². The number of rotatable bonds is 3. The van der Waals surface area contributed by atoms with E-state index in [1.165, 1.54) is 4.57 Å². The van der Waals surface area contributed by atoms with E-state index in [1.807, 2.05) is 39.0 Å². The lowest BCUT2D eigenvalue weighted by Gasteiger charge is -2.24. The molecule has 0 saturated heterocycles. The third kappa shape index (κ3) is 3.13. The van der Waals surface area contributed by atoms with Gasteiger partial charge in [-0.2, -0.15) is 10.2 Å². The van der Waals surface area contributed by atoms with E-state index in [-0.39, 0.29) is 28.6 Å². The summed E-state index contributed by atoms with van der Waals surface area (Å²) in [4.78, 5) is 17.6. The predicted octanol–water partition coefficient (Wildman–Crippen LogP) is 3.10. The van der Waals surface area contributed by atoms with Crippen molar-refractivity contribution in [3.63, 3.8) is 0 Å². The Hall–Kier alpha value is -3.07. The van der Waals surface area contributed by atoms with E-state index in [4.69, 9.17) is 9.47 Å². The lowest BCUT2D eigenvalue weighted by Crippen LogP contribution is -2.30. The van der Waals surface area contributed by atoms with Crippen LogP contribution in [0.2, 0.25) is 0 Å². The van der Waals surface area contributed by atoms with Gasteiger partial charge in [-0.25, -0.2) is 4.57 Å². The molecule has 1 aromatic carbocycles. The van der Waals surface area contributed by atoms with Gasteiger partial charge in [0.2, 0.25) is 5.88 Å². The predicted molar refractivity (Wildman–Crippen MR) is 93.9 cm³/mol. The molecule has 0 radical (unpaired) electrons. The third-order valence-corrected chi connectivity index (χ3v) is 3.87. The molecule has 0 atom stereocenters. The number of allylic oxidation sites excluding steroid dienone is 1. The van der Waals surface area contributed by atoms with Crippen LogP contribution in [-0.4, -0.2) is 21.8 Å². The highest BCUT2D eigenvalue weighted by atomic mass is 16.5. The van der Waals surface area contributed by atoms with Gasteiger partial charge in [0.05, 0.1) is 23.9 Å². The SMILES string of the molecule is CCOc1nc2c(c(=O)n1-c1ccccc1)C(C#N)=CCC(C)(C)O2. The van der Waals surface area contributed by atoms with Gasteiger partial charge in [-0.1, -0.05) is 24.3 Å². The van der Waals surface area contributed by atoms with Crippen LogP contribution in [0.15, 0.2) is 41.2 Å². The van der Waals surface area contributed by atoms with Crippen LogP contribution in [0.25, 0.3) is 11.3 Å². The fourth-order valence-corrected chi connectivity index (χ4v) is 2.67. The number of nitriles is 1. The Kier molecular flexibility index (Phi) is 4.32. The van der Waals surface area contributed by atoms with Gasteiger partial charge in [0.25, 0.3) is 5.56 Å². The molecule has 0 N–H and O–H groups in total. The van der Waals surface area contributed by atoms with Gasteiger partial charge >= 0.3 is 6.01 Å². The van der Waals surface area contributed by atoms with Gasteiger partial charge in [0, 0.05) is 6.42 Å². The summed E-state index contributed by atoms with van der Waals surface area (Å²) in [5, 5.41) is 9.51. The molecule has 2 aromatic rings. The molecule has 0 aliphatic carbocycles. The molecule has 1 aliphatic heterocycles. The quantitative estimate of drug-likeness (QED) is 0.860. The molecule has 6 heteroatoms. The van der Waals surface area contributed by atoms with E-state index in [2.05, 4.69) is 11.1 Å². The molecule has 0 spiro atoms. The molecule has 0 fully saturated rings. The van der Waals surface area contributed by atoms with Crippen LogP contribution in [0.3, 0.4) is 0 Å². The highest BCUT2D eigenvalue weighted by molar-refractivity contribution is 5.79. The van der Waals surface area contributed by atoms with Gasteiger partial charge in [-0.3, -0.25) is 4.79 Å². The maximum atomic E-state index is 13.2. The van der Waals surface area contributed by atoms with Crippen LogP contribution in [-0.2, 0) is 0 Å². The lowest BCUT2D eigenvalue weighted by molar-refractivity contribution is 0.106. The Balaban J connectivity index is 2.34. The number of hydrogen-bond acceptors (Lipinski definition) is 5. The van der Waals surface area contributed by atoms with Crippen molar-refractivity contribution in [2.24, 2.45) is 0 Å². The Morgan fingerprint density at radius 2 is 2.08 bits per heavy atom. The Labute approximate surface area is 146 Å². The van der Waals surface area contributed by atoms with E-state index in [0.717, 1.165) is 0 Å². The van der Waals surface area contributed by atoms with Crippen LogP contribution >= 0.6 is 0 Å². The Morgan fingerprint density at radius 1 is 1.36 bits per heavy atom. The van der Waals surface area contributed by atoms with Crippen LogP contribution in [0, 0.1) is 11.3 Å². The topological polar surface area (TPSA) is 77.1 Å². The van der Waals surface area contributed by atoms with Crippen molar-refractivity contribution in [1.82, 2.24) is 9.55 Å². The highest BCUT2D eigenvalue weighted by Gasteiger charge is 2.30. The summed E-state index contributed by atoms with van der Waals surface area (Å²) < 4.78 is 12.9. The van der Waals surface area contributed by atoms with Crippen molar-refractivity contribution in [2.75, 3.05) is 6.61 Å². The maximum Gasteiger partial charge on any atom is 0.307 e. The number of ether oxygens (including phenoxy) is 2. The average molecular weight is 337 g/mol. The van der Waals surface area contributed by atoms with Crippen molar-refractivity contribution in [3.05, 3.63) is 52.3 Å². The zero-order chi connectivity index (χ0) is 18.0. The number of benzene rings is 1. The molecule has 128 valence electrons. The number of fused-ring (bicyclic) bond motifs is 1. The number of para-hydroxylation sites is 1. The molecule has 1 aromatic heterocycles. The molecular formula is C19H19N3O3. The van der Waals surface area contributed by atoms with Crippen LogP contribution in [0.1, 0.15) is 32.8 Å². The van der Waals surface area contributed by atoms with Gasteiger partial charge in [-0.05, 0) is 32.9 Å². The summed E-state index contributed by atoms with van der Waals surface area (Å²) in [5.41, 5.74) is 0.0956. The minimum atomic E-state index is -0.574. The standard InChI is InChI=1S/C19H19N3O3/c1-4-24-18-21-16-15(13(12-20)10-11-19(2,3)25-16)17(23)22(18)14-8-6-5-7-9-14/h5-10H,4,11H2,1-3H3. The minimum absolute atomic E-state index is 0.135. The van der Waals surface area contributed by atoms with E-state index in [9.17, 15) is 10.1 Å². The zero-order valence-corrected chi connectivity index (χ0v) is 14.4. The number of nitrogens with zero attached hydrogens (tertiary/aromatic N) is 3. The molecule has 1 aliphatic rings. The molecular weight excluding hydrogens is 318 g/mol. The average Bonchev–Trinajstić information content (AvgIpc) is 2.71. The second kappa shape index (κ2) is 6.44. The Morgan fingerprint density at radius 3 is 2.72 bits per heavy atom. The van der Waals surface area contributed by atoms with Gasteiger partial charge in [0.15, 0.2) is 0 Å². The number of hydrogen-bond donors (Lipinski definition) is 0. The first-order valence-corrected chi connectivity index (χ1v) is 8.12. The summed E-state index contributed by atoms with van der Waals surface area (Å²) in [5.74, 6) is 0.135. The Bertz CT molecular complexity index is 921. The monoisotopic (exact) mass is 337 g/mol. The van der Waals surface area contributed by atoms with E-state index in [0.29, 0.717) is 18.7 Å². The van der Waals surface area contributed by atoms with Crippen LogP contribution in [0.5, 0.6) is 11.9 Å². The normalized spacial score (nSPS) is 15.2. The van der Waals surface area contributed by atoms with Gasteiger partial charge < -0.3 is 9.47 Å². The molecule has 25 heavy (non-hydrogen) atoms. The first kappa shape index (κ1) is 16.8. The maximum absolute atomic E-state index is 13.2. The first-order valence-electron chi connectivity index (χ1n) is 8.12. The summed E-state index contributed by atoms with van der Waals surface area (Å²) in [6.45, 7) is 5.94. The smallest absolute Gasteiger partial charge is 0.307 e. The largest absolute Gasteiger partial charge is 0.471 e. The molecule has 0 saturated carbocycles. The summed E-state index contributed by atoms with van der Waals surface area (Å²) in [6, 6.07) is 11.3. The van der Waals surface area contributed by atoms with Crippen LogP contribution < -0.4 is 15.0 Å². The summed E-state index contributed by atoms with van der Waals surface area (Å²) >= 11 is 0. The van der Waals surface area contributed by atoms with E-state index >= 15 is 0 Å². The fourth-order valence-electron chi connectivity index (χ4n) is 2.67. The minimum Gasteiger partial charge on any atom is -0.471 e. The van der Waals surface area contributed by atoms with Crippen LogP contribution in [0.4, 0.5) is 0 Å². The summed E-state index contributed by atoms with van der Waals surface area (Å²) in [6.07, 6.45) is 2.23. The van der Waals surface area contributed by atoms with Crippen molar-refractivity contribution in [2.45, 2.75) is 32.8 Å². The van der Waals surface area contributed by atoms with Crippen molar-refractivity contribution >= 4 is 5.57 Å². The zero-order valence-electron chi connectivity index (χ0n) is 14.4. The molecule has 0 amide bonds. The van der Waals surface area contributed by atoms with Crippen molar-refractivity contribution in [1.29, 1.82) is 5.26 Å². The fraction of sp³-hybridized carbons (Fsp3) is 0.316.